The minimum Gasteiger partial charge on any atom is -0.349 e. The monoisotopic (exact) mass is 316 g/mol. The molecule has 1 aromatic heterocycles. The first-order valence-corrected chi connectivity index (χ1v) is 8.89. The number of aromatic nitrogens is 1. The van der Waals surface area contributed by atoms with Gasteiger partial charge in [-0.15, -0.1) is 0 Å². The zero-order valence-corrected chi connectivity index (χ0v) is 14.3. The molecular formula is C14H28N4O2S. The van der Waals surface area contributed by atoms with Crippen molar-refractivity contribution in [3.63, 3.8) is 0 Å². The van der Waals surface area contributed by atoms with Gasteiger partial charge in [0, 0.05) is 37.6 Å². The van der Waals surface area contributed by atoms with Gasteiger partial charge >= 0.3 is 0 Å². The van der Waals surface area contributed by atoms with E-state index in [1.165, 1.54) is 0 Å². The Balaban J connectivity index is 2.59. The summed E-state index contributed by atoms with van der Waals surface area (Å²) in [5.41, 5.74) is 6.46. The second-order valence-corrected chi connectivity index (χ2v) is 7.25. The molecule has 122 valence electrons. The van der Waals surface area contributed by atoms with E-state index < -0.39 is 10.0 Å². The Bertz CT molecular complexity index is 516. The Hall–Kier alpha value is -0.890. The van der Waals surface area contributed by atoms with Gasteiger partial charge in [-0.3, -0.25) is 0 Å². The highest BCUT2D eigenvalue weighted by Gasteiger charge is 2.17. The zero-order valence-electron chi connectivity index (χ0n) is 13.5. The summed E-state index contributed by atoms with van der Waals surface area (Å²) in [5.74, 6) is 0. The van der Waals surface area contributed by atoms with Crippen molar-refractivity contribution < 1.29 is 8.42 Å². The Labute approximate surface area is 128 Å². The van der Waals surface area contributed by atoms with Crippen LogP contribution >= 0.6 is 0 Å². The van der Waals surface area contributed by atoms with Gasteiger partial charge in [0.05, 0.1) is 4.90 Å². The summed E-state index contributed by atoms with van der Waals surface area (Å²) in [5, 5.41) is 0. The second kappa shape index (κ2) is 7.93. The molecule has 0 spiro atoms. The van der Waals surface area contributed by atoms with E-state index in [4.69, 9.17) is 5.73 Å². The van der Waals surface area contributed by atoms with Crippen molar-refractivity contribution in [1.29, 1.82) is 0 Å². The molecule has 0 saturated carbocycles. The lowest BCUT2D eigenvalue weighted by molar-refractivity contribution is 0.271. The molecule has 0 bridgehead atoms. The molecule has 21 heavy (non-hydrogen) atoms. The molecule has 0 atom stereocenters. The summed E-state index contributed by atoms with van der Waals surface area (Å²) in [6, 6.07) is 2.11. The van der Waals surface area contributed by atoms with E-state index >= 15 is 0 Å². The van der Waals surface area contributed by atoms with Crippen molar-refractivity contribution in [2.75, 3.05) is 20.1 Å². The van der Waals surface area contributed by atoms with Crippen LogP contribution in [0.4, 0.5) is 0 Å². The molecule has 0 radical (unpaired) electrons. The van der Waals surface area contributed by atoms with Gasteiger partial charge < -0.3 is 15.2 Å². The first-order chi connectivity index (χ1) is 9.81. The molecule has 3 N–H and O–H groups in total. The van der Waals surface area contributed by atoms with Crippen LogP contribution in [0.2, 0.25) is 0 Å². The Kier molecular flexibility index (Phi) is 6.86. The molecule has 0 aliphatic rings. The predicted octanol–water partition coefficient (Wildman–Crippen LogP) is 0.975. The Morgan fingerprint density at radius 3 is 2.57 bits per heavy atom. The van der Waals surface area contributed by atoms with Crippen molar-refractivity contribution in [1.82, 2.24) is 14.2 Å². The lowest BCUT2D eigenvalue weighted by Gasteiger charge is -2.20. The topological polar surface area (TPSA) is 80.4 Å². The molecule has 0 aliphatic carbocycles. The van der Waals surface area contributed by atoms with Crippen LogP contribution in [0, 0.1) is 0 Å². The third-order valence-corrected chi connectivity index (χ3v) is 5.11. The fraction of sp³-hybridized carbons (Fsp3) is 0.714. The van der Waals surface area contributed by atoms with E-state index in [9.17, 15) is 8.42 Å². The molecule has 1 aromatic rings. The van der Waals surface area contributed by atoms with Crippen LogP contribution in [0.3, 0.4) is 0 Å². The van der Waals surface area contributed by atoms with Gasteiger partial charge in [0.1, 0.15) is 0 Å². The molecule has 1 rings (SSSR count). The molecule has 0 fully saturated rings. The fourth-order valence-corrected chi connectivity index (χ4v) is 3.15. The van der Waals surface area contributed by atoms with Crippen molar-refractivity contribution in [2.45, 2.75) is 51.2 Å². The Morgan fingerprint density at radius 2 is 2.10 bits per heavy atom. The summed E-state index contributed by atoms with van der Waals surface area (Å²) in [4.78, 5) is 2.48. The van der Waals surface area contributed by atoms with Gasteiger partial charge in [0.25, 0.3) is 0 Å². The summed E-state index contributed by atoms with van der Waals surface area (Å²) < 4.78 is 29.0. The van der Waals surface area contributed by atoms with Gasteiger partial charge in [-0.1, -0.05) is 0 Å². The normalized spacial score (nSPS) is 12.5. The van der Waals surface area contributed by atoms with Gasteiger partial charge in [0.15, 0.2) is 0 Å². The molecule has 0 unspecified atom stereocenters. The number of nitrogens with two attached hydrogens (primary N) is 1. The Morgan fingerprint density at radius 1 is 1.43 bits per heavy atom. The van der Waals surface area contributed by atoms with Crippen LogP contribution in [0.15, 0.2) is 17.2 Å². The van der Waals surface area contributed by atoms with Gasteiger partial charge in [-0.05, 0) is 46.9 Å². The minimum atomic E-state index is -3.45. The van der Waals surface area contributed by atoms with E-state index in [1.54, 1.807) is 12.3 Å². The lowest BCUT2D eigenvalue weighted by Crippen LogP contribution is -2.31. The molecule has 0 amide bonds. The maximum absolute atomic E-state index is 12.2. The van der Waals surface area contributed by atoms with Gasteiger partial charge in [0.2, 0.25) is 10.0 Å². The van der Waals surface area contributed by atoms with Crippen LogP contribution in [0.25, 0.3) is 0 Å². The average Bonchev–Trinajstić information content (AvgIpc) is 2.87. The third-order valence-electron chi connectivity index (χ3n) is 3.68. The third kappa shape index (κ3) is 5.10. The first kappa shape index (κ1) is 18.2. The predicted molar refractivity (Wildman–Crippen MR) is 85.6 cm³/mol. The zero-order chi connectivity index (χ0) is 16.0. The molecule has 7 heteroatoms. The van der Waals surface area contributed by atoms with Crippen LogP contribution in [0.5, 0.6) is 0 Å². The van der Waals surface area contributed by atoms with Crippen molar-refractivity contribution in [2.24, 2.45) is 5.73 Å². The molecule has 1 heterocycles. The van der Waals surface area contributed by atoms with Crippen molar-refractivity contribution in [3.05, 3.63) is 18.0 Å². The summed E-state index contributed by atoms with van der Waals surface area (Å²) in [7, 11) is -1.41. The van der Waals surface area contributed by atoms with Crippen molar-refractivity contribution >= 4 is 10.0 Å². The SMILES string of the molecule is CCn1cc(S(=O)(=O)NCCCN(C)C(C)C)cc1CN. The highest BCUT2D eigenvalue weighted by molar-refractivity contribution is 7.89. The van der Waals surface area contributed by atoms with E-state index in [2.05, 4.69) is 23.5 Å². The quantitative estimate of drug-likeness (QED) is 0.665. The first-order valence-electron chi connectivity index (χ1n) is 7.40. The van der Waals surface area contributed by atoms with Gasteiger partial charge in [-0.2, -0.15) is 0 Å². The standard InChI is InChI=1S/C14H28N4O2S/c1-5-18-11-14(9-13(18)10-15)21(19,20)16-7-6-8-17(4)12(2)3/h9,11-12,16H,5-8,10,15H2,1-4H3. The van der Waals surface area contributed by atoms with Crippen LogP contribution < -0.4 is 10.5 Å². The fourth-order valence-electron chi connectivity index (χ4n) is 2.01. The smallest absolute Gasteiger partial charge is 0.242 e. The number of hydrogen-bond acceptors (Lipinski definition) is 4. The molecule has 6 nitrogen and oxygen atoms in total. The van der Waals surface area contributed by atoms with E-state index in [-0.39, 0.29) is 0 Å². The van der Waals surface area contributed by atoms with E-state index in [1.807, 2.05) is 18.5 Å². The number of sulfonamides is 1. The highest BCUT2D eigenvalue weighted by atomic mass is 32.2. The maximum Gasteiger partial charge on any atom is 0.242 e. The average molecular weight is 316 g/mol. The highest BCUT2D eigenvalue weighted by Crippen LogP contribution is 2.14. The summed E-state index contributed by atoms with van der Waals surface area (Å²) in [6.45, 7) is 8.55. The van der Waals surface area contributed by atoms with E-state index in [0.717, 1.165) is 18.7 Å². The largest absolute Gasteiger partial charge is 0.349 e. The number of aryl methyl sites for hydroxylation is 1. The molecular weight excluding hydrogens is 288 g/mol. The number of rotatable bonds is 9. The van der Waals surface area contributed by atoms with E-state index in [0.29, 0.717) is 30.6 Å². The maximum atomic E-state index is 12.2. The number of hydrogen-bond donors (Lipinski definition) is 2. The van der Waals surface area contributed by atoms with Crippen LogP contribution in [0.1, 0.15) is 32.9 Å². The summed E-state index contributed by atoms with van der Waals surface area (Å²) >= 11 is 0. The minimum absolute atomic E-state index is 0.294. The lowest BCUT2D eigenvalue weighted by atomic mass is 10.3. The number of nitrogens with zero attached hydrogens (tertiary/aromatic N) is 2. The molecule has 0 aliphatic heterocycles. The summed E-state index contributed by atoms with van der Waals surface area (Å²) in [6.07, 6.45) is 2.43. The van der Waals surface area contributed by atoms with Crippen LogP contribution in [-0.2, 0) is 23.1 Å². The van der Waals surface area contributed by atoms with Crippen molar-refractivity contribution in [3.8, 4) is 0 Å². The van der Waals surface area contributed by atoms with Crippen LogP contribution in [-0.4, -0.2) is 44.1 Å². The molecule has 0 aromatic carbocycles. The van der Waals surface area contributed by atoms with Gasteiger partial charge in [-0.25, -0.2) is 13.1 Å². The number of nitrogens with one attached hydrogen (secondary N) is 1. The molecule has 0 saturated heterocycles. The second-order valence-electron chi connectivity index (χ2n) is 5.48.